The van der Waals surface area contributed by atoms with E-state index in [0.717, 1.165) is 17.8 Å². The van der Waals surface area contributed by atoms with Gasteiger partial charge in [0.25, 0.3) is 0 Å². The van der Waals surface area contributed by atoms with Crippen LogP contribution in [0, 0.1) is 22.7 Å². The Morgan fingerprint density at radius 3 is 1.94 bits per heavy atom. The second-order valence-corrected chi connectivity index (χ2v) is 6.09. The van der Waals surface area contributed by atoms with Crippen molar-refractivity contribution in [3.05, 3.63) is 0 Å². The highest BCUT2D eigenvalue weighted by Gasteiger charge is 2.74. The molecule has 2 heterocycles. The van der Waals surface area contributed by atoms with Gasteiger partial charge in [0.1, 0.15) is 10.8 Å². The minimum absolute atomic E-state index is 0.175. The van der Waals surface area contributed by atoms with Gasteiger partial charge < -0.3 is 9.68 Å². The zero-order chi connectivity index (χ0) is 12.1. The van der Waals surface area contributed by atoms with E-state index in [-0.39, 0.29) is 23.8 Å². The van der Waals surface area contributed by atoms with Crippen LogP contribution in [-0.2, 0) is 19.3 Å². The molecule has 0 radical (unpaired) electrons. The Morgan fingerprint density at radius 2 is 1.44 bits per heavy atom. The fourth-order valence-corrected chi connectivity index (χ4v) is 4.80. The van der Waals surface area contributed by atoms with Crippen LogP contribution in [0.3, 0.4) is 0 Å². The highest BCUT2D eigenvalue weighted by Crippen LogP contribution is 2.65. The second kappa shape index (κ2) is 2.37. The van der Waals surface area contributed by atoms with Crippen molar-refractivity contribution in [2.24, 2.45) is 33.0 Å². The summed E-state index contributed by atoms with van der Waals surface area (Å²) in [6, 6.07) is 0. The Morgan fingerprint density at radius 1 is 0.944 bits per heavy atom. The molecule has 4 fully saturated rings. The lowest BCUT2D eigenvalue weighted by Crippen LogP contribution is -2.64. The summed E-state index contributed by atoms with van der Waals surface area (Å²) in [6.45, 7) is 0. The molecule has 4 atom stereocenters. The van der Waals surface area contributed by atoms with Crippen molar-refractivity contribution in [2.45, 2.75) is 25.7 Å². The lowest BCUT2D eigenvalue weighted by Gasteiger charge is -2.55. The first-order chi connectivity index (χ1) is 8.66. The lowest BCUT2D eigenvalue weighted by atomic mass is 9.43. The van der Waals surface area contributed by atoms with Gasteiger partial charge in [0, 0.05) is 11.8 Å². The fourth-order valence-electron chi connectivity index (χ4n) is 4.80. The van der Waals surface area contributed by atoms with Crippen LogP contribution in [0.25, 0.3) is 0 Å². The molecule has 6 heteroatoms. The summed E-state index contributed by atoms with van der Waals surface area (Å²) < 4.78 is 0. The number of hydrogen-bond acceptors (Lipinski definition) is 6. The minimum atomic E-state index is -0.659. The normalized spacial score (nSPS) is 50.4. The van der Waals surface area contributed by atoms with E-state index in [1.807, 2.05) is 0 Å². The number of rotatable bonds is 0. The Labute approximate surface area is 102 Å². The van der Waals surface area contributed by atoms with Gasteiger partial charge in [-0.05, 0) is 25.7 Å². The van der Waals surface area contributed by atoms with E-state index >= 15 is 0 Å². The fraction of sp³-hybridized carbons (Fsp3) is 0.667. The molecule has 18 heavy (non-hydrogen) atoms. The third-order valence-electron chi connectivity index (χ3n) is 5.35. The molecule has 4 saturated carbocycles. The monoisotopic (exact) mass is 246 g/mol. The van der Waals surface area contributed by atoms with Gasteiger partial charge >= 0.3 is 11.9 Å². The molecule has 4 bridgehead atoms. The van der Waals surface area contributed by atoms with E-state index in [2.05, 4.69) is 10.3 Å². The summed E-state index contributed by atoms with van der Waals surface area (Å²) in [4.78, 5) is 34.0. The van der Waals surface area contributed by atoms with Gasteiger partial charge in [0.05, 0.1) is 11.4 Å². The highest BCUT2D eigenvalue weighted by molar-refractivity contribution is 6.21. The lowest BCUT2D eigenvalue weighted by molar-refractivity contribution is -0.157. The van der Waals surface area contributed by atoms with Crippen LogP contribution in [-0.4, -0.2) is 23.4 Å². The third kappa shape index (κ3) is 0.693. The first-order valence-corrected chi connectivity index (χ1v) is 6.25. The number of carbonyl (C=O) groups excluding carboxylic acids is 2. The molecule has 0 aromatic heterocycles. The summed E-state index contributed by atoms with van der Waals surface area (Å²) in [7, 11) is 0. The molecular weight excluding hydrogens is 236 g/mol. The second-order valence-electron chi connectivity index (χ2n) is 6.09. The average molecular weight is 246 g/mol. The maximum Gasteiger partial charge on any atom is 0.346 e. The smallest absolute Gasteiger partial charge is 0.317 e. The van der Waals surface area contributed by atoms with E-state index in [4.69, 9.17) is 9.68 Å². The maximum absolute atomic E-state index is 12.1. The van der Waals surface area contributed by atoms with E-state index in [1.165, 1.54) is 0 Å². The van der Waals surface area contributed by atoms with Gasteiger partial charge in [-0.3, -0.25) is 0 Å². The van der Waals surface area contributed by atoms with Crippen LogP contribution in [0.5, 0.6) is 0 Å². The van der Waals surface area contributed by atoms with Crippen LogP contribution < -0.4 is 0 Å². The molecule has 6 rings (SSSR count). The Balaban J connectivity index is 1.78. The largest absolute Gasteiger partial charge is 0.346 e. The van der Waals surface area contributed by atoms with E-state index in [1.54, 1.807) is 0 Å². The maximum atomic E-state index is 12.1. The predicted molar refractivity (Wildman–Crippen MR) is 57.4 cm³/mol. The van der Waals surface area contributed by atoms with Crippen molar-refractivity contribution in [2.75, 3.05) is 0 Å². The van der Waals surface area contributed by atoms with Crippen LogP contribution in [0.2, 0.25) is 0 Å². The predicted octanol–water partition coefficient (Wildman–Crippen LogP) is 0.618. The molecule has 2 aliphatic heterocycles. The molecule has 0 saturated heterocycles. The number of carbonyl (C=O) groups is 2. The van der Waals surface area contributed by atoms with Crippen molar-refractivity contribution in [3.8, 4) is 0 Å². The van der Waals surface area contributed by atoms with Crippen molar-refractivity contribution < 1.29 is 19.3 Å². The topological polar surface area (TPSA) is 77.3 Å². The molecule has 2 spiro atoms. The number of nitrogens with zero attached hydrogens (tertiary/aromatic N) is 2. The van der Waals surface area contributed by atoms with Crippen LogP contribution in [0.15, 0.2) is 10.3 Å². The zero-order valence-corrected chi connectivity index (χ0v) is 9.51. The number of oxime groups is 2. The zero-order valence-electron chi connectivity index (χ0n) is 9.51. The summed E-state index contributed by atoms with van der Waals surface area (Å²) >= 11 is 0. The Hall–Kier alpha value is -1.72. The van der Waals surface area contributed by atoms with Crippen molar-refractivity contribution in [1.29, 1.82) is 0 Å². The van der Waals surface area contributed by atoms with Crippen molar-refractivity contribution >= 4 is 23.4 Å². The Bertz CT molecular complexity index is 545. The van der Waals surface area contributed by atoms with Gasteiger partial charge in [-0.2, -0.15) is 0 Å². The van der Waals surface area contributed by atoms with Gasteiger partial charge in [0.2, 0.25) is 0 Å². The minimum Gasteiger partial charge on any atom is -0.317 e. The molecular formula is C12H10N2O4. The van der Waals surface area contributed by atoms with Crippen LogP contribution in [0.1, 0.15) is 25.7 Å². The molecule has 4 aliphatic carbocycles. The Kier molecular flexibility index (Phi) is 1.22. The van der Waals surface area contributed by atoms with Crippen molar-refractivity contribution in [3.63, 3.8) is 0 Å². The number of hydrogen-bond donors (Lipinski definition) is 0. The molecule has 6 nitrogen and oxygen atoms in total. The summed E-state index contributed by atoms with van der Waals surface area (Å²) in [5.41, 5.74) is 0.420. The van der Waals surface area contributed by atoms with Crippen LogP contribution in [0.4, 0.5) is 0 Å². The van der Waals surface area contributed by atoms with E-state index in [9.17, 15) is 9.59 Å². The van der Waals surface area contributed by atoms with Gasteiger partial charge in [0.15, 0.2) is 0 Å². The van der Waals surface area contributed by atoms with Crippen molar-refractivity contribution in [1.82, 2.24) is 0 Å². The highest BCUT2D eigenvalue weighted by atomic mass is 16.7. The SMILES string of the molecule is O=C1ON=C2[C@H]3C[C@H]4C[C@]12C[C@]1(C3)C(=O)ON=C41. The van der Waals surface area contributed by atoms with Gasteiger partial charge in [-0.1, -0.05) is 10.3 Å². The van der Waals surface area contributed by atoms with E-state index in [0.29, 0.717) is 19.3 Å². The molecule has 0 amide bonds. The van der Waals surface area contributed by atoms with Crippen LogP contribution >= 0.6 is 0 Å². The molecule has 92 valence electrons. The third-order valence-corrected chi connectivity index (χ3v) is 5.35. The van der Waals surface area contributed by atoms with Gasteiger partial charge in [-0.25, -0.2) is 9.59 Å². The molecule has 0 N–H and O–H groups in total. The van der Waals surface area contributed by atoms with E-state index < -0.39 is 10.8 Å². The average Bonchev–Trinajstić information content (AvgIpc) is 2.82. The first kappa shape index (κ1) is 9.24. The quantitative estimate of drug-likeness (QED) is 0.587. The molecule has 0 unspecified atom stereocenters. The molecule has 0 aromatic rings. The first-order valence-electron chi connectivity index (χ1n) is 6.25. The summed E-state index contributed by atoms with van der Waals surface area (Å²) in [5.74, 6) is -0.225. The molecule has 0 aromatic carbocycles. The summed E-state index contributed by atoms with van der Waals surface area (Å²) in [5, 5.41) is 7.96. The molecule has 6 aliphatic rings. The van der Waals surface area contributed by atoms with Gasteiger partial charge in [-0.15, -0.1) is 0 Å². The summed E-state index contributed by atoms with van der Waals surface area (Å²) in [6.07, 6.45) is 2.72. The standard InChI is InChI=1S/C12H10N2O4/c15-9-11-2-5-1-6(8(11)14-17-9)3-12(4-11)7(5)13-18-10(12)16/h5-6H,1-4H2/t5-,6-,11-,12+/m0/s1.